The molecule has 0 spiro atoms. The SMILES string of the molecule is Cl.Cl.N[C@H]1CC[C@H](OCc2cccnc2)CC1. The minimum atomic E-state index is 0. The van der Waals surface area contributed by atoms with Crippen LogP contribution < -0.4 is 5.73 Å². The van der Waals surface area contributed by atoms with Gasteiger partial charge in [0.15, 0.2) is 0 Å². The molecule has 1 aromatic heterocycles. The summed E-state index contributed by atoms with van der Waals surface area (Å²) in [7, 11) is 0. The van der Waals surface area contributed by atoms with Crippen LogP contribution in [0.3, 0.4) is 0 Å². The quantitative estimate of drug-likeness (QED) is 0.925. The predicted molar refractivity (Wildman–Crippen MR) is 73.8 cm³/mol. The van der Waals surface area contributed by atoms with Crippen molar-refractivity contribution in [2.75, 3.05) is 0 Å². The Morgan fingerprint density at radius 2 is 1.94 bits per heavy atom. The summed E-state index contributed by atoms with van der Waals surface area (Å²) in [6, 6.07) is 4.38. The van der Waals surface area contributed by atoms with Crippen LogP contribution in [0.4, 0.5) is 0 Å². The fraction of sp³-hybridized carbons (Fsp3) is 0.583. The fourth-order valence-electron chi connectivity index (χ4n) is 1.95. The molecule has 0 aromatic carbocycles. The fourth-order valence-corrected chi connectivity index (χ4v) is 1.95. The van der Waals surface area contributed by atoms with Gasteiger partial charge >= 0.3 is 0 Å². The number of ether oxygens (including phenoxy) is 1. The van der Waals surface area contributed by atoms with E-state index in [2.05, 4.69) is 4.98 Å². The van der Waals surface area contributed by atoms with Crippen molar-refractivity contribution in [2.24, 2.45) is 5.73 Å². The molecule has 17 heavy (non-hydrogen) atoms. The molecule has 0 bridgehead atoms. The molecule has 5 heteroatoms. The standard InChI is InChI=1S/C12H18N2O.2ClH/c13-11-3-5-12(6-4-11)15-9-10-2-1-7-14-8-10;;/h1-2,7-8,11-12H,3-6,9,13H2;2*1H/t11-,12-;;. The molecule has 1 saturated carbocycles. The largest absolute Gasteiger partial charge is 0.373 e. The molecule has 0 saturated heterocycles. The Balaban J connectivity index is 0.00000128. The second-order valence-corrected chi connectivity index (χ2v) is 4.21. The van der Waals surface area contributed by atoms with Gasteiger partial charge in [0.05, 0.1) is 12.7 Å². The van der Waals surface area contributed by atoms with Crippen molar-refractivity contribution in [1.82, 2.24) is 4.98 Å². The van der Waals surface area contributed by atoms with Gasteiger partial charge in [-0.05, 0) is 37.3 Å². The number of nitrogens with two attached hydrogens (primary N) is 1. The minimum absolute atomic E-state index is 0. The summed E-state index contributed by atoms with van der Waals surface area (Å²) in [4.78, 5) is 4.06. The molecule has 0 radical (unpaired) electrons. The zero-order chi connectivity index (χ0) is 10.5. The summed E-state index contributed by atoms with van der Waals surface area (Å²) in [5.41, 5.74) is 6.98. The molecule has 2 N–H and O–H groups in total. The normalized spacial score (nSPS) is 23.4. The number of pyridine rings is 1. The number of nitrogens with zero attached hydrogens (tertiary/aromatic N) is 1. The average Bonchev–Trinajstić information content (AvgIpc) is 2.30. The zero-order valence-electron chi connectivity index (χ0n) is 9.75. The van der Waals surface area contributed by atoms with Gasteiger partial charge in [0, 0.05) is 18.4 Å². The number of halogens is 2. The Kier molecular flexibility index (Phi) is 8.52. The number of hydrogen-bond donors (Lipinski definition) is 1. The van der Waals surface area contributed by atoms with E-state index in [0.717, 1.165) is 31.2 Å². The van der Waals surface area contributed by atoms with Gasteiger partial charge in [-0.2, -0.15) is 0 Å². The maximum absolute atomic E-state index is 5.84. The molecule has 2 rings (SSSR count). The van der Waals surface area contributed by atoms with Crippen LogP contribution in [0.25, 0.3) is 0 Å². The van der Waals surface area contributed by atoms with Crippen LogP contribution in [-0.4, -0.2) is 17.1 Å². The van der Waals surface area contributed by atoms with E-state index in [1.54, 1.807) is 6.20 Å². The van der Waals surface area contributed by atoms with E-state index in [1.165, 1.54) is 0 Å². The molecule has 1 heterocycles. The Hall–Kier alpha value is -0.350. The Labute approximate surface area is 115 Å². The summed E-state index contributed by atoms with van der Waals surface area (Å²) >= 11 is 0. The molecule has 1 aliphatic carbocycles. The van der Waals surface area contributed by atoms with E-state index in [0.29, 0.717) is 18.8 Å². The topological polar surface area (TPSA) is 48.1 Å². The number of hydrogen-bond acceptors (Lipinski definition) is 3. The van der Waals surface area contributed by atoms with Gasteiger partial charge in [-0.1, -0.05) is 6.07 Å². The highest BCUT2D eigenvalue weighted by Crippen LogP contribution is 2.20. The second kappa shape index (κ2) is 8.70. The molecule has 1 aliphatic rings. The van der Waals surface area contributed by atoms with E-state index in [-0.39, 0.29) is 24.8 Å². The zero-order valence-corrected chi connectivity index (χ0v) is 11.4. The number of aromatic nitrogens is 1. The van der Waals surface area contributed by atoms with Crippen LogP contribution in [-0.2, 0) is 11.3 Å². The van der Waals surface area contributed by atoms with Crippen LogP contribution >= 0.6 is 24.8 Å². The Morgan fingerprint density at radius 3 is 2.53 bits per heavy atom. The average molecular weight is 279 g/mol. The first-order valence-electron chi connectivity index (χ1n) is 5.60. The summed E-state index contributed by atoms with van der Waals surface area (Å²) in [6.45, 7) is 0.674. The first-order valence-corrected chi connectivity index (χ1v) is 5.60. The van der Waals surface area contributed by atoms with Crippen molar-refractivity contribution >= 4 is 24.8 Å². The van der Waals surface area contributed by atoms with E-state index < -0.39 is 0 Å². The van der Waals surface area contributed by atoms with Crippen LogP contribution in [0.15, 0.2) is 24.5 Å². The number of rotatable bonds is 3. The smallest absolute Gasteiger partial charge is 0.0735 e. The van der Waals surface area contributed by atoms with Gasteiger partial charge in [0.25, 0.3) is 0 Å². The molecular formula is C12H20Cl2N2O. The van der Waals surface area contributed by atoms with Crippen LogP contribution in [0.5, 0.6) is 0 Å². The second-order valence-electron chi connectivity index (χ2n) is 4.21. The van der Waals surface area contributed by atoms with Crippen molar-refractivity contribution < 1.29 is 4.74 Å². The van der Waals surface area contributed by atoms with Gasteiger partial charge in [-0.25, -0.2) is 0 Å². The van der Waals surface area contributed by atoms with Crippen molar-refractivity contribution in [3.63, 3.8) is 0 Å². The summed E-state index contributed by atoms with van der Waals surface area (Å²) in [5.74, 6) is 0. The van der Waals surface area contributed by atoms with Crippen LogP contribution in [0, 0.1) is 0 Å². The third-order valence-corrected chi connectivity index (χ3v) is 2.93. The van der Waals surface area contributed by atoms with Crippen molar-refractivity contribution in [1.29, 1.82) is 0 Å². The lowest BCUT2D eigenvalue weighted by Gasteiger charge is -2.26. The first-order chi connectivity index (χ1) is 7.34. The van der Waals surface area contributed by atoms with Gasteiger partial charge in [-0.15, -0.1) is 24.8 Å². The highest BCUT2D eigenvalue weighted by atomic mass is 35.5. The summed E-state index contributed by atoms with van der Waals surface area (Å²) in [5, 5.41) is 0. The third-order valence-electron chi connectivity index (χ3n) is 2.93. The predicted octanol–water partition coefficient (Wildman–Crippen LogP) is 2.71. The van der Waals surface area contributed by atoms with Gasteiger partial charge in [-0.3, -0.25) is 4.98 Å². The van der Waals surface area contributed by atoms with E-state index >= 15 is 0 Å². The minimum Gasteiger partial charge on any atom is -0.373 e. The molecule has 0 aliphatic heterocycles. The van der Waals surface area contributed by atoms with E-state index in [1.807, 2.05) is 18.3 Å². The molecule has 0 unspecified atom stereocenters. The first kappa shape index (κ1) is 16.6. The lowest BCUT2D eigenvalue weighted by molar-refractivity contribution is 0.0137. The Morgan fingerprint density at radius 1 is 1.24 bits per heavy atom. The molecular weight excluding hydrogens is 259 g/mol. The summed E-state index contributed by atoms with van der Waals surface area (Å²) < 4.78 is 5.82. The van der Waals surface area contributed by atoms with Crippen LogP contribution in [0.2, 0.25) is 0 Å². The molecule has 3 nitrogen and oxygen atoms in total. The maximum Gasteiger partial charge on any atom is 0.0735 e. The van der Waals surface area contributed by atoms with Crippen molar-refractivity contribution in [3.05, 3.63) is 30.1 Å². The van der Waals surface area contributed by atoms with Gasteiger partial charge < -0.3 is 10.5 Å². The lowest BCUT2D eigenvalue weighted by Crippen LogP contribution is -2.30. The van der Waals surface area contributed by atoms with Crippen molar-refractivity contribution in [2.45, 2.75) is 44.4 Å². The maximum atomic E-state index is 5.84. The molecule has 0 atom stereocenters. The third kappa shape index (κ3) is 5.68. The van der Waals surface area contributed by atoms with Crippen molar-refractivity contribution in [3.8, 4) is 0 Å². The Bertz CT molecular complexity index is 290. The van der Waals surface area contributed by atoms with E-state index in [4.69, 9.17) is 10.5 Å². The molecule has 1 fully saturated rings. The highest BCUT2D eigenvalue weighted by molar-refractivity contribution is 5.85. The molecule has 1 aromatic rings. The molecule has 98 valence electrons. The summed E-state index contributed by atoms with van der Waals surface area (Å²) in [6.07, 6.45) is 8.42. The van der Waals surface area contributed by atoms with Gasteiger partial charge in [0.1, 0.15) is 0 Å². The highest BCUT2D eigenvalue weighted by Gasteiger charge is 2.18. The van der Waals surface area contributed by atoms with Gasteiger partial charge in [0.2, 0.25) is 0 Å². The van der Waals surface area contributed by atoms with E-state index in [9.17, 15) is 0 Å². The molecule has 0 amide bonds. The lowest BCUT2D eigenvalue weighted by atomic mass is 9.94. The van der Waals surface area contributed by atoms with Crippen LogP contribution in [0.1, 0.15) is 31.2 Å². The monoisotopic (exact) mass is 278 g/mol.